The number of anilines is 1. The van der Waals surface area contributed by atoms with Crippen molar-refractivity contribution in [3.8, 4) is 0 Å². The van der Waals surface area contributed by atoms with E-state index in [1.807, 2.05) is 4.90 Å². The fraction of sp³-hybridized carbons (Fsp3) is 0.458. The predicted molar refractivity (Wildman–Crippen MR) is 120 cm³/mol. The number of hydrogen-bond acceptors (Lipinski definition) is 4. The van der Waals surface area contributed by atoms with Crippen LogP contribution in [0.1, 0.15) is 36.2 Å². The molecule has 4 rings (SSSR count). The second kappa shape index (κ2) is 10.5. The van der Waals surface area contributed by atoms with E-state index in [0.717, 1.165) is 19.4 Å². The molecule has 2 fully saturated rings. The van der Waals surface area contributed by atoms with Crippen molar-refractivity contribution in [2.45, 2.75) is 25.7 Å². The number of benzene rings is 1. The largest absolute Gasteiger partial charge is 0.459 e. The summed E-state index contributed by atoms with van der Waals surface area (Å²) in [6.07, 6.45) is 4.58. The topological polar surface area (TPSA) is 94.9 Å². The monoisotopic (exact) mass is 456 g/mol. The summed E-state index contributed by atoms with van der Waals surface area (Å²) in [7, 11) is 0. The average Bonchev–Trinajstić information content (AvgIpc) is 3.37. The van der Waals surface area contributed by atoms with Crippen LogP contribution in [0.15, 0.2) is 47.1 Å². The maximum absolute atomic E-state index is 13.3. The van der Waals surface area contributed by atoms with E-state index >= 15 is 0 Å². The smallest absolute Gasteiger partial charge is 0.319 e. The quantitative estimate of drug-likeness (QED) is 0.722. The molecule has 8 nitrogen and oxygen atoms in total. The Hall–Kier alpha value is -3.36. The molecule has 2 saturated heterocycles. The molecule has 0 aliphatic carbocycles. The number of urea groups is 1. The van der Waals surface area contributed by atoms with Crippen LogP contribution in [0.5, 0.6) is 0 Å². The van der Waals surface area contributed by atoms with Crippen molar-refractivity contribution in [1.29, 1.82) is 0 Å². The molecule has 2 aromatic rings. The third-order valence-electron chi connectivity index (χ3n) is 6.33. The Kier molecular flexibility index (Phi) is 7.26. The molecule has 2 N–H and O–H groups in total. The Bertz CT molecular complexity index is 973. The van der Waals surface area contributed by atoms with Gasteiger partial charge in [0.1, 0.15) is 5.82 Å². The fourth-order valence-electron chi connectivity index (χ4n) is 4.55. The molecule has 1 unspecified atom stereocenters. The number of likely N-dealkylation sites (tertiary alicyclic amines) is 2. The van der Waals surface area contributed by atoms with E-state index in [2.05, 4.69) is 10.6 Å². The molecule has 3 heterocycles. The number of halogens is 1. The van der Waals surface area contributed by atoms with Crippen LogP contribution >= 0.6 is 0 Å². The van der Waals surface area contributed by atoms with Crippen molar-refractivity contribution in [1.82, 2.24) is 15.1 Å². The van der Waals surface area contributed by atoms with Gasteiger partial charge in [-0.1, -0.05) is 6.07 Å². The number of furan rings is 1. The van der Waals surface area contributed by atoms with Gasteiger partial charge < -0.3 is 24.9 Å². The van der Waals surface area contributed by atoms with Crippen LogP contribution in [-0.4, -0.2) is 60.4 Å². The van der Waals surface area contributed by atoms with Crippen LogP contribution in [0, 0.1) is 17.7 Å². The Labute approximate surface area is 192 Å². The standard InChI is InChI=1S/C24H29FN4O4/c25-19-5-1-6-20(14-19)27-24(32)26-15-17-4-2-10-29(16-17)22(30)18-8-11-28(12-9-18)23(31)21-7-3-13-33-21/h1,3,5-7,13-14,17-18H,2,4,8-12,15-16H2,(H2,26,27,32). The zero-order valence-electron chi connectivity index (χ0n) is 18.5. The first kappa shape index (κ1) is 22.8. The van der Waals surface area contributed by atoms with Gasteiger partial charge in [-0.15, -0.1) is 0 Å². The summed E-state index contributed by atoms with van der Waals surface area (Å²) in [4.78, 5) is 41.3. The number of hydrogen-bond donors (Lipinski definition) is 2. The molecule has 1 aromatic carbocycles. The maximum Gasteiger partial charge on any atom is 0.319 e. The molecule has 0 saturated carbocycles. The Morgan fingerprint density at radius 3 is 2.58 bits per heavy atom. The van der Waals surface area contributed by atoms with Gasteiger partial charge in [0, 0.05) is 44.3 Å². The van der Waals surface area contributed by atoms with Gasteiger partial charge in [-0.05, 0) is 61.9 Å². The minimum Gasteiger partial charge on any atom is -0.459 e. The van der Waals surface area contributed by atoms with Gasteiger partial charge >= 0.3 is 6.03 Å². The number of piperidine rings is 2. The molecule has 176 valence electrons. The predicted octanol–water partition coefficient (Wildman–Crippen LogP) is 3.33. The van der Waals surface area contributed by atoms with Crippen LogP contribution < -0.4 is 10.6 Å². The average molecular weight is 457 g/mol. The summed E-state index contributed by atoms with van der Waals surface area (Å²) < 4.78 is 18.4. The highest BCUT2D eigenvalue weighted by Gasteiger charge is 2.33. The molecular weight excluding hydrogens is 427 g/mol. The number of nitrogens with one attached hydrogen (secondary N) is 2. The first-order valence-corrected chi connectivity index (χ1v) is 11.4. The second-order valence-corrected chi connectivity index (χ2v) is 8.68. The molecule has 2 aliphatic heterocycles. The minimum atomic E-state index is -0.412. The molecule has 9 heteroatoms. The maximum atomic E-state index is 13.3. The zero-order chi connectivity index (χ0) is 23.2. The van der Waals surface area contributed by atoms with E-state index in [4.69, 9.17) is 4.42 Å². The van der Waals surface area contributed by atoms with E-state index in [0.29, 0.717) is 50.5 Å². The summed E-state index contributed by atoms with van der Waals surface area (Å²) in [5.41, 5.74) is 0.393. The van der Waals surface area contributed by atoms with Crippen molar-refractivity contribution in [3.05, 3.63) is 54.2 Å². The first-order valence-electron chi connectivity index (χ1n) is 11.4. The van der Waals surface area contributed by atoms with Gasteiger partial charge in [-0.25, -0.2) is 9.18 Å². The third-order valence-corrected chi connectivity index (χ3v) is 6.33. The molecule has 0 spiro atoms. The first-order chi connectivity index (χ1) is 16.0. The van der Waals surface area contributed by atoms with Crippen molar-refractivity contribution in [3.63, 3.8) is 0 Å². The molecule has 1 aromatic heterocycles. The minimum absolute atomic E-state index is 0.0892. The lowest BCUT2D eigenvalue weighted by Gasteiger charge is -2.37. The number of amides is 4. The molecule has 0 bridgehead atoms. The SMILES string of the molecule is O=C(NCC1CCCN(C(=O)C2CCN(C(=O)c3ccco3)CC2)C1)Nc1cccc(F)c1. The van der Waals surface area contributed by atoms with Crippen molar-refractivity contribution < 1.29 is 23.2 Å². The second-order valence-electron chi connectivity index (χ2n) is 8.68. The van der Waals surface area contributed by atoms with Gasteiger partial charge in [-0.2, -0.15) is 0 Å². The van der Waals surface area contributed by atoms with Crippen LogP contribution in [-0.2, 0) is 4.79 Å². The molecule has 1 atom stereocenters. The highest BCUT2D eigenvalue weighted by atomic mass is 19.1. The summed E-state index contributed by atoms with van der Waals surface area (Å²) >= 11 is 0. The van der Waals surface area contributed by atoms with E-state index < -0.39 is 11.8 Å². The Morgan fingerprint density at radius 2 is 1.85 bits per heavy atom. The van der Waals surface area contributed by atoms with Crippen molar-refractivity contribution >= 4 is 23.5 Å². The van der Waals surface area contributed by atoms with Gasteiger partial charge in [0.2, 0.25) is 5.91 Å². The lowest BCUT2D eigenvalue weighted by Crippen LogP contribution is -2.48. The highest BCUT2D eigenvalue weighted by molar-refractivity contribution is 5.91. The normalized spacial score (nSPS) is 19.2. The van der Waals surface area contributed by atoms with Crippen LogP contribution in [0.2, 0.25) is 0 Å². The van der Waals surface area contributed by atoms with E-state index in [1.54, 1.807) is 23.1 Å². The Balaban J connectivity index is 1.21. The lowest BCUT2D eigenvalue weighted by atomic mass is 9.92. The molecule has 0 radical (unpaired) electrons. The van der Waals surface area contributed by atoms with Gasteiger partial charge in [0.25, 0.3) is 5.91 Å². The van der Waals surface area contributed by atoms with Gasteiger partial charge in [-0.3, -0.25) is 9.59 Å². The van der Waals surface area contributed by atoms with Crippen molar-refractivity contribution in [2.75, 3.05) is 38.0 Å². The van der Waals surface area contributed by atoms with Crippen molar-refractivity contribution in [2.24, 2.45) is 11.8 Å². The molecule has 33 heavy (non-hydrogen) atoms. The third kappa shape index (κ3) is 5.91. The number of nitrogens with zero attached hydrogens (tertiary/aromatic N) is 2. The Morgan fingerprint density at radius 1 is 1.03 bits per heavy atom. The summed E-state index contributed by atoms with van der Waals surface area (Å²) in [5.74, 6) is -0.00580. The lowest BCUT2D eigenvalue weighted by molar-refractivity contribution is -0.138. The summed E-state index contributed by atoms with van der Waals surface area (Å²) in [6, 6.07) is 8.68. The summed E-state index contributed by atoms with van der Waals surface area (Å²) in [5, 5.41) is 5.45. The number of carbonyl (C=O) groups excluding carboxylic acids is 3. The van der Waals surface area contributed by atoms with Gasteiger partial charge in [0.15, 0.2) is 5.76 Å². The summed E-state index contributed by atoms with van der Waals surface area (Å²) in [6.45, 7) is 2.84. The molecule has 4 amide bonds. The molecule has 2 aliphatic rings. The molecular formula is C24H29FN4O4. The fourth-order valence-corrected chi connectivity index (χ4v) is 4.55. The van der Waals surface area contributed by atoms with Gasteiger partial charge in [0.05, 0.1) is 6.26 Å². The van der Waals surface area contributed by atoms with E-state index in [1.165, 1.54) is 24.5 Å². The van der Waals surface area contributed by atoms with E-state index in [9.17, 15) is 18.8 Å². The van der Waals surface area contributed by atoms with Crippen LogP contribution in [0.3, 0.4) is 0 Å². The van der Waals surface area contributed by atoms with Crippen LogP contribution in [0.4, 0.5) is 14.9 Å². The number of rotatable bonds is 5. The highest BCUT2D eigenvalue weighted by Crippen LogP contribution is 2.24. The zero-order valence-corrected chi connectivity index (χ0v) is 18.5. The van der Waals surface area contributed by atoms with Crippen LogP contribution in [0.25, 0.3) is 0 Å². The van der Waals surface area contributed by atoms with E-state index in [-0.39, 0.29) is 23.7 Å². The number of carbonyl (C=O) groups is 3.